The van der Waals surface area contributed by atoms with Gasteiger partial charge in [0.15, 0.2) is 0 Å². The Bertz CT molecular complexity index is 330. The summed E-state index contributed by atoms with van der Waals surface area (Å²) < 4.78 is 0. The number of rotatable bonds is 4. The van der Waals surface area contributed by atoms with E-state index in [1.54, 1.807) is 25.2 Å². The summed E-state index contributed by atoms with van der Waals surface area (Å²) in [6.07, 6.45) is -1.82. The lowest BCUT2D eigenvalue weighted by Gasteiger charge is -2.18. The molecule has 2 unspecified atom stereocenters. The summed E-state index contributed by atoms with van der Waals surface area (Å²) in [6.45, 7) is 0.311. The number of hydrogen-bond donors (Lipinski definition) is 5. The van der Waals surface area contributed by atoms with Gasteiger partial charge < -0.3 is 27.0 Å². The van der Waals surface area contributed by atoms with Crippen LogP contribution in [-0.2, 0) is 0 Å². The fraction of sp³-hybridized carbons (Fsp3) is 0.400. The molecule has 0 aliphatic rings. The second kappa shape index (κ2) is 4.97. The lowest BCUT2D eigenvalue weighted by atomic mass is 10.0. The summed E-state index contributed by atoms with van der Waals surface area (Å²) in [4.78, 5) is 0. The van der Waals surface area contributed by atoms with E-state index in [1.807, 2.05) is 0 Å². The van der Waals surface area contributed by atoms with Crippen LogP contribution >= 0.6 is 0 Å². The van der Waals surface area contributed by atoms with Crippen molar-refractivity contribution < 1.29 is 10.2 Å². The Kier molecular flexibility index (Phi) is 3.90. The van der Waals surface area contributed by atoms with E-state index in [0.29, 0.717) is 23.5 Å². The number of nitrogens with two attached hydrogens (primary N) is 2. The Balaban J connectivity index is 2.81. The second-order valence-electron chi connectivity index (χ2n) is 3.46. The zero-order valence-corrected chi connectivity index (χ0v) is 8.64. The van der Waals surface area contributed by atoms with Gasteiger partial charge >= 0.3 is 0 Å². The molecule has 0 radical (unpaired) electrons. The molecule has 0 aromatic heterocycles. The van der Waals surface area contributed by atoms with Gasteiger partial charge in [0.05, 0.1) is 17.5 Å². The molecule has 0 saturated heterocycles. The van der Waals surface area contributed by atoms with Gasteiger partial charge in [-0.1, -0.05) is 6.07 Å². The smallest absolute Gasteiger partial charge is 0.106 e. The molecule has 15 heavy (non-hydrogen) atoms. The van der Waals surface area contributed by atoms with Crippen molar-refractivity contribution >= 4 is 11.4 Å². The SMILES string of the molecule is CNCC(O)C(O)c1ccc(N)c(N)c1. The molecule has 5 heteroatoms. The molecule has 1 aromatic rings. The molecule has 0 amide bonds. The molecule has 0 aliphatic carbocycles. The van der Waals surface area contributed by atoms with Crippen LogP contribution in [0.3, 0.4) is 0 Å². The van der Waals surface area contributed by atoms with E-state index >= 15 is 0 Å². The van der Waals surface area contributed by atoms with E-state index in [-0.39, 0.29) is 0 Å². The van der Waals surface area contributed by atoms with Crippen LogP contribution in [0, 0.1) is 0 Å². The third kappa shape index (κ3) is 2.82. The molecule has 0 saturated carbocycles. The van der Waals surface area contributed by atoms with Crippen molar-refractivity contribution in [3.8, 4) is 0 Å². The van der Waals surface area contributed by atoms with Crippen LogP contribution in [0.25, 0.3) is 0 Å². The minimum atomic E-state index is -0.958. The highest BCUT2D eigenvalue weighted by molar-refractivity contribution is 5.64. The molecule has 1 rings (SSSR count). The zero-order chi connectivity index (χ0) is 11.4. The molecule has 84 valence electrons. The number of likely N-dealkylation sites (N-methyl/N-ethyl adjacent to an activating group) is 1. The zero-order valence-electron chi connectivity index (χ0n) is 8.64. The summed E-state index contributed by atoms with van der Waals surface area (Å²) in [5.41, 5.74) is 12.6. The van der Waals surface area contributed by atoms with Gasteiger partial charge in [0.25, 0.3) is 0 Å². The first kappa shape index (κ1) is 11.8. The normalized spacial score (nSPS) is 14.9. The molecule has 0 heterocycles. The summed E-state index contributed by atoms with van der Waals surface area (Å²) in [5.74, 6) is 0. The van der Waals surface area contributed by atoms with E-state index in [4.69, 9.17) is 11.5 Å². The molecular formula is C10H17N3O2. The standard InChI is InChI=1S/C10H17N3O2/c1-13-5-9(14)10(15)6-2-3-7(11)8(12)4-6/h2-4,9-10,13-15H,5,11-12H2,1H3. The van der Waals surface area contributed by atoms with E-state index < -0.39 is 12.2 Å². The Morgan fingerprint density at radius 1 is 1.27 bits per heavy atom. The molecule has 5 nitrogen and oxygen atoms in total. The van der Waals surface area contributed by atoms with Gasteiger partial charge in [-0.15, -0.1) is 0 Å². The predicted octanol–water partition coefficient (Wildman–Crippen LogP) is -0.535. The summed E-state index contributed by atoms with van der Waals surface area (Å²) >= 11 is 0. The van der Waals surface area contributed by atoms with Gasteiger partial charge in [-0.3, -0.25) is 0 Å². The molecule has 2 atom stereocenters. The molecule has 7 N–H and O–H groups in total. The number of benzene rings is 1. The quantitative estimate of drug-likeness (QED) is 0.430. The maximum Gasteiger partial charge on any atom is 0.106 e. The van der Waals surface area contributed by atoms with Crippen molar-refractivity contribution in [3.05, 3.63) is 23.8 Å². The van der Waals surface area contributed by atoms with Crippen LogP contribution in [0.4, 0.5) is 11.4 Å². The summed E-state index contributed by atoms with van der Waals surface area (Å²) in [6, 6.07) is 4.83. The van der Waals surface area contributed by atoms with Crippen LogP contribution < -0.4 is 16.8 Å². The largest absolute Gasteiger partial charge is 0.397 e. The predicted molar refractivity (Wildman–Crippen MR) is 60.2 cm³/mol. The minimum absolute atomic E-state index is 0.311. The lowest BCUT2D eigenvalue weighted by Crippen LogP contribution is -2.29. The van der Waals surface area contributed by atoms with Crippen LogP contribution in [-0.4, -0.2) is 29.9 Å². The van der Waals surface area contributed by atoms with Crippen LogP contribution in [0.1, 0.15) is 11.7 Å². The Morgan fingerprint density at radius 2 is 1.93 bits per heavy atom. The third-order valence-corrected chi connectivity index (χ3v) is 2.23. The first-order valence-electron chi connectivity index (χ1n) is 4.72. The van der Waals surface area contributed by atoms with Crippen molar-refractivity contribution in [3.63, 3.8) is 0 Å². The van der Waals surface area contributed by atoms with E-state index in [1.165, 1.54) is 0 Å². The number of aliphatic hydroxyl groups is 2. The van der Waals surface area contributed by atoms with Crippen LogP contribution in [0.5, 0.6) is 0 Å². The maximum absolute atomic E-state index is 9.75. The molecule has 0 bridgehead atoms. The molecule has 0 spiro atoms. The van der Waals surface area contributed by atoms with Gasteiger partial charge in [-0.05, 0) is 24.7 Å². The molecule has 1 aromatic carbocycles. The van der Waals surface area contributed by atoms with E-state index in [2.05, 4.69) is 5.32 Å². The fourth-order valence-corrected chi connectivity index (χ4v) is 1.32. The van der Waals surface area contributed by atoms with E-state index in [9.17, 15) is 10.2 Å². The lowest BCUT2D eigenvalue weighted by molar-refractivity contribution is 0.0203. The monoisotopic (exact) mass is 211 g/mol. The number of hydrogen-bond acceptors (Lipinski definition) is 5. The number of nitrogen functional groups attached to an aromatic ring is 2. The summed E-state index contributed by atoms with van der Waals surface area (Å²) in [7, 11) is 1.70. The molecule has 0 fully saturated rings. The second-order valence-corrected chi connectivity index (χ2v) is 3.46. The first-order chi connectivity index (χ1) is 7.06. The van der Waals surface area contributed by atoms with Gasteiger partial charge in [0.2, 0.25) is 0 Å². The van der Waals surface area contributed by atoms with Crippen molar-refractivity contribution in [1.82, 2.24) is 5.32 Å². The topological polar surface area (TPSA) is 105 Å². The third-order valence-electron chi connectivity index (χ3n) is 2.23. The Morgan fingerprint density at radius 3 is 2.47 bits per heavy atom. The van der Waals surface area contributed by atoms with Crippen molar-refractivity contribution in [2.24, 2.45) is 0 Å². The maximum atomic E-state index is 9.75. The Hall–Kier alpha value is -1.30. The van der Waals surface area contributed by atoms with Crippen LogP contribution in [0.2, 0.25) is 0 Å². The minimum Gasteiger partial charge on any atom is -0.397 e. The van der Waals surface area contributed by atoms with Crippen molar-refractivity contribution in [1.29, 1.82) is 0 Å². The van der Waals surface area contributed by atoms with Gasteiger partial charge in [0, 0.05) is 6.54 Å². The van der Waals surface area contributed by atoms with Gasteiger partial charge in [-0.2, -0.15) is 0 Å². The van der Waals surface area contributed by atoms with Gasteiger partial charge in [-0.25, -0.2) is 0 Å². The highest BCUT2D eigenvalue weighted by atomic mass is 16.3. The van der Waals surface area contributed by atoms with Crippen molar-refractivity contribution in [2.75, 3.05) is 25.1 Å². The van der Waals surface area contributed by atoms with Gasteiger partial charge in [0.1, 0.15) is 6.10 Å². The highest BCUT2D eigenvalue weighted by Gasteiger charge is 2.17. The molecule has 0 aliphatic heterocycles. The number of nitrogens with one attached hydrogen (secondary N) is 1. The van der Waals surface area contributed by atoms with Crippen LogP contribution in [0.15, 0.2) is 18.2 Å². The first-order valence-corrected chi connectivity index (χ1v) is 4.72. The fourth-order valence-electron chi connectivity index (χ4n) is 1.32. The summed E-state index contributed by atoms with van der Waals surface area (Å²) in [5, 5.41) is 22.1. The Labute approximate surface area is 88.7 Å². The van der Waals surface area contributed by atoms with Crippen molar-refractivity contribution in [2.45, 2.75) is 12.2 Å². The number of anilines is 2. The highest BCUT2D eigenvalue weighted by Crippen LogP contribution is 2.22. The molecular weight excluding hydrogens is 194 g/mol. The van der Waals surface area contributed by atoms with E-state index in [0.717, 1.165) is 0 Å². The number of aliphatic hydroxyl groups excluding tert-OH is 2. The average molecular weight is 211 g/mol. The average Bonchev–Trinajstić information content (AvgIpc) is 2.21.